The van der Waals surface area contributed by atoms with Gasteiger partial charge in [0.2, 0.25) is 0 Å². The predicted octanol–water partition coefficient (Wildman–Crippen LogP) is 9.88. The van der Waals surface area contributed by atoms with Gasteiger partial charge in [-0.3, -0.25) is 0 Å². The Morgan fingerprint density at radius 2 is 1.44 bits per heavy atom. The van der Waals surface area contributed by atoms with Crippen molar-refractivity contribution in [2.24, 2.45) is 5.92 Å². The molecule has 0 aliphatic heterocycles. The average molecular weight is 431 g/mol. The summed E-state index contributed by atoms with van der Waals surface area (Å²) < 4.78 is 14.5. The van der Waals surface area contributed by atoms with Crippen LogP contribution < -0.4 is 0 Å². The van der Waals surface area contributed by atoms with Crippen LogP contribution in [0, 0.1) is 5.92 Å². The SMILES string of the molecule is C=CCCC1=C(F)CC(c2ccc(-c3ccc(C4CCC(CCC)CC4)cc3)cc2)CC1. The van der Waals surface area contributed by atoms with E-state index in [1.165, 1.54) is 60.8 Å². The third kappa shape index (κ3) is 5.61. The summed E-state index contributed by atoms with van der Waals surface area (Å²) in [5.41, 5.74) is 6.33. The highest BCUT2D eigenvalue weighted by atomic mass is 19.1. The standard InChI is InChI=1S/C31H39F/c1-3-5-7-29-20-21-30(22-31(29)32)28-18-16-27(17-19-28)26-14-12-25(13-15-26)24-10-8-23(6-4-2)9-11-24/h3,12-19,23-24,30H,1,4-11,20-22H2,2H3. The molecule has 0 saturated heterocycles. The van der Waals surface area contributed by atoms with Gasteiger partial charge in [0.25, 0.3) is 0 Å². The van der Waals surface area contributed by atoms with Crippen LogP contribution in [-0.4, -0.2) is 0 Å². The second kappa shape index (κ2) is 11.1. The second-order valence-electron chi connectivity index (χ2n) is 10.0. The molecular formula is C31H39F. The normalized spacial score (nSPS) is 23.9. The topological polar surface area (TPSA) is 0 Å². The first-order valence-corrected chi connectivity index (χ1v) is 12.9. The van der Waals surface area contributed by atoms with E-state index in [0.29, 0.717) is 12.3 Å². The summed E-state index contributed by atoms with van der Waals surface area (Å²) in [6.45, 7) is 6.07. The summed E-state index contributed by atoms with van der Waals surface area (Å²) in [6, 6.07) is 18.1. The van der Waals surface area contributed by atoms with E-state index < -0.39 is 0 Å². The summed E-state index contributed by atoms with van der Waals surface area (Å²) >= 11 is 0. The van der Waals surface area contributed by atoms with Crippen LogP contribution >= 0.6 is 0 Å². The van der Waals surface area contributed by atoms with Crippen molar-refractivity contribution in [3.63, 3.8) is 0 Å². The highest BCUT2D eigenvalue weighted by Crippen LogP contribution is 2.40. The molecule has 1 atom stereocenters. The fourth-order valence-electron chi connectivity index (χ4n) is 5.86. The average Bonchev–Trinajstić information content (AvgIpc) is 2.84. The van der Waals surface area contributed by atoms with Gasteiger partial charge < -0.3 is 0 Å². The van der Waals surface area contributed by atoms with Crippen LogP contribution in [0.1, 0.15) is 101 Å². The Kier molecular flexibility index (Phi) is 8.00. The molecule has 0 radical (unpaired) electrons. The third-order valence-electron chi connectivity index (χ3n) is 7.90. The van der Waals surface area contributed by atoms with Crippen molar-refractivity contribution in [1.82, 2.24) is 0 Å². The smallest absolute Gasteiger partial charge is 0.0997 e. The predicted molar refractivity (Wildman–Crippen MR) is 136 cm³/mol. The van der Waals surface area contributed by atoms with Crippen molar-refractivity contribution in [3.05, 3.63) is 83.7 Å². The van der Waals surface area contributed by atoms with Gasteiger partial charge in [-0.1, -0.05) is 74.4 Å². The van der Waals surface area contributed by atoms with Gasteiger partial charge in [-0.2, -0.15) is 0 Å². The van der Waals surface area contributed by atoms with E-state index in [1.807, 2.05) is 6.08 Å². The molecule has 1 unspecified atom stereocenters. The van der Waals surface area contributed by atoms with E-state index in [0.717, 1.165) is 43.1 Å². The lowest BCUT2D eigenvalue weighted by Crippen LogP contribution is -2.13. The molecule has 1 saturated carbocycles. The lowest BCUT2D eigenvalue weighted by Gasteiger charge is -2.28. The zero-order valence-corrected chi connectivity index (χ0v) is 19.8. The van der Waals surface area contributed by atoms with Crippen molar-refractivity contribution in [2.45, 2.75) is 89.4 Å². The summed E-state index contributed by atoms with van der Waals surface area (Å²) in [5, 5.41) is 0. The molecule has 0 amide bonds. The molecule has 0 bridgehead atoms. The molecule has 0 heterocycles. The fourth-order valence-corrected chi connectivity index (χ4v) is 5.86. The van der Waals surface area contributed by atoms with Gasteiger partial charge in [-0.25, -0.2) is 4.39 Å². The molecule has 4 rings (SSSR count). The molecular weight excluding hydrogens is 391 g/mol. The highest BCUT2D eigenvalue weighted by molar-refractivity contribution is 5.64. The first-order chi connectivity index (χ1) is 15.7. The van der Waals surface area contributed by atoms with Crippen LogP contribution in [0.5, 0.6) is 0 Å². The molecule has 2 aromatic rings. The largest absolute Gasteiger partial charge is 0.212 e. The van der Waals surface area contributed by atoms with E-state index in [4.69, 9.17) is 0 Å². The lowest BCUT2D eigenvalue weighted by atomic mass is 9.77. The second-order valence-corrected chi connectivity index (χ2v) is 10.0. The van der Waals surface area contributed by atoms with Gasteiger partial charge in [-0.05, 0) is 96.9 Å². The van der Waals surface area contributed by atoms with Crippen molar-refractivity contribution in [2.75, 3.05) is 0 Å². The minimum atomic E-state index is 0.117. The zero-order valence-electron chi connectivity index (χ0n) is 19.8. The number of allylic oxidation sites excluding steroid dienone is 3. The zero-order chi connectivity index (χ0) is 22.3. The van der Waals surface area contributed by atoms with E-state index in [1.54, 1.807) is 0 Å². The maximum absolute atomic E-state index is 14.5. The first-order valence-electron chi connectivity index (χ1n) is 12.9. The molecule has 2 aromatic carbocycles. The Bertz CT molecular complexity index is 894. The lowest BCUT2D eigenvalue weighted by molar-refractivity contribution is 0.308. The fraction of sp³-hybridized carbons (Fsp3) is 0.484. The van der Waals surface area contributed by atoms with Crippen molar-refractivity contribution in [1.29, 1.82) is 0 Å². The third-order valence-corrected chi connectivity index (χ3v) is 7.90. The Hall–Kier alpha value is -2.15. The van der Waals surface area contributed by atoms with Crippen molar-refractivity contribution < 1.29 is 4.39 Å². The van der Waals surface area contributed by atoms with Crippen LogP contribution in [0.4, 0.5) is 4.39 Å². The molecule has 0 spiro atoms. The van der Waals surface area contributed by atoms with Crippen molar-refractivity contribution in [3.8, 4) is 11.1 Å². The monoisotopic (exact) mass is 430 g/mol. The van der Waals surface area contributed by atoms with E-state index in [9.17, 15) is 4.39 Å². The van der Waals surface area contributed by atoms with Gasteiger partial charge in [0.05, 0.1) is 5.83 Å². The summed E-state index contributed by atoms with van der Waals surface area (Å²) in [5.74, 6) is 2.12. The van der Waals surface area contributed by atoms with Crippen LogP contribution in [0.25, 0.3) is 11.1 Å². The molecule has 2 aliphatic carbocycles. The Labute approximate surface area is 194 Å². The molecule has 2 aliphatic rings. The molecule has 1 fully saturated rings. The van der Waals surface area contributed by atoms with Crippen LogP contribution in [0.15, 0.2) is 72.6 Å². The van der Waals surface area contributed by atoms with Gasteiger partial charge in [0, 0.05) is 6.42 Å². The number of rotatable bonds is 8. The maximum atomic E-state index is 14.5. The molecule has 170 valence electrons. The molecule has 0 N–H and O–H groups in total. The van der Waals surface area contributed by atoms with Gasteiger partial charge in [-0.15, -0.1) is 6.58 Å². The Morgan fingerprint density at radius 1 is 0.844 bits per heavy atom. The number of halogens is 1. The summed E-state index contributed by atoms with van der Waals surface area (Å²) in [7, 11) is 0. The minimum Gasteiger partial charge on any atom is -0.212 e. The van der Waals surface area contributed by atoms with Crippen LogP contribution in [-0.2, 0) is 0 Å². The number of benzene rings is 2. The molecule has 0 nitrogen and oxygen atoms in total. The number of hydrogen-bond acceptors (Lipinski definition) is 0. The van der Waals surface area contributed by atoms with Gasteiger partial charge in [0.15, 0.2) is 0 Å². The molecule has 32 heavy (non-hydrogen) atoms. The Morgan fingerprint density at radius 3 is 1.97 bits per heavy atom. The van der Waals surface area contributed by atoms with Gasteiger partial charge >= 0.3 is 0 Å². The quantitative estimate of drug-likeness (QED) is 0.365. The number of hydrogen-bond donors (Lipinski definition) is 0. The first kappa shape index (κ1) is 23.0. The summed E-state index contributed by atoms with van der Waals surface area (Å²) in [6.07, 6.45) is 14.3. The van der Waals surface area contributed by atoms with E-state index in [-0.39, 0.29) is 5.83 Å². The van der Waals surface area contributed by atoms with Crippen LogP contribution in [0.2, 0.25) is 0 Å². The minimum absolute atomic E-state index is 0.117. The summed E-state index contributed by atoms with van der Waals surface area (Å²) in [4.78, 5) is 0. The van der Waals surface area contributed by atoms with E-state index >= 15 is 0 Å². The maximum Gasteiger partial charge on any atom is 0.0997 e. The van der Waals surface area contributed by atoms with E-state index in [2.05, 4.69) is 62.0 Å². The molecule has 0 aromatic heterocycles. The molecule has 1 heteroatoms. The van der Waals surface area contributed by atoms with Crippen LogP contribution in [0.3, 0.4) is 0 Å². The Balaban J connectivity index is 1.36. The van der Waals surface area contributed by atoms with Gasteiger partial charge in [0.1, 0.15) is 0 Å². The van der Waals surface area contributed by atoms with Crippen molar-refractivity contribution >= 4 is 0 Å². The highest BCUT2D eigenvalue weighted by Gasteiger charge is 2.23.